The zero-order valence-corrected chi connectivity index (χ0v) is 10.2. The Morgan fingerprint density at radius 1 is 1.47 bits per heavy atom. The van der Waals surface area contributed by atoms with Crippen LogP contribution < -0.4 is 5.32 Å². The lowest BCUT2D eigenvalue weighted by Gasteiger charge is -2.03. The third-order valence-corrected chi connectivity index (χ3v) is 2.77. The molecule has 4 nitrogen and oxygen atoms in total. The van der Waals surface area contributed by atoms with Gasteiger partial charge >= 0.3 is 0 Å². The summed E-state index contributed by atoms with van der Waals surface area (Å²) in [6.45, 7) is 3.51. The van der Waals surface area contributed by atoms with E-state index in [1.165, 1.54) is 11.3 Å². The minimum absolute atomic E-state index is 0.640. The van der Waals surface area contributed by atoms with Gasteiger partial charge in [0, 0.05) is 20.2 Å². The zero-order chi connectivity index (χ0) is 10.9. The third kappa shape index (κ3) is 6.06. The first kappa shape index (κ1) is 12.9. The molecular formula is C9H15ClN2O2S. The minimum Gasteiger partial charge on any atom is -0.382 e. The smallest absolute Gasteiger partial charge is 0.113 e. The van der Waals surface area contributed by atoms with Crippen LogP contribution >= 0.6 is 22.9 Å². The predicted molar refractivity (Wildman–Crippen MR) is 61.5 cm³/mol. The molecule has 1 heterocycles. The molecule has 86 valence electrons. The van der Waals surface area contributed by atoms with E-state index in [1.807, 2.05) is 0 Å². The van der Waals surface area contributed by atoms with Crippen LogP contribution in [0.25, 0.3) is 0 Å². The maximum Gasteiger partial charge on any atom is 0.113 e. The average molecular weight is 251 g/mol. The molecule has 0 saturated heterocycles. The van der Waals surface area contributed by atoms with Gasteiger partial charge in [-0.1, -0.05) is 11.6 Å². The Bertz CT molecular complexity index is 270. The largest absolute Gasteiger partial charge is 0.382 e. The molecule has 0 radical (unpaired) electrons. The zero-order valence-electron chi connectivity index (χ0n) is 8.66. The molecule has 0 fully saturated rings. The van der Waals surface area contributed by atoms with Crippen molar-refractivity contribution in [3.8, 4) is 0 Å². The molecule has 0 aromatic carbocycles. The Morgan fingerprint density at radius 3 is 3.00 bits per heavy atom. The Morgan fingerprint density at radius 2 is 2.33 bits per heavy atom. The van der Waals surface area contributed by atoms with E-state index < -0.39 is 0 Å². The molecule has 6 heteroatoms. The number of ether oxygens (including phenoxy) is 2. The molecule has 0 spiro atoms. The second kappa shape index (κ2) is 8.01. The van der Waals surface area contributed by atoms with Gasteiger partial charge in [-0.2, -0.15) is 0 Å². The van der Waals surface area contributed by atoms with Crippen molar-refractivity contribution in [2.24, 2.45) is 0 Å². The van der Waals surface area contributed by atoms with E-state index in [0.29, 0.717) is 19.8 Å². The van der Waals surface area contributed by atoms with Gasteiger partial charge in [-0.3, -0.25) is 0 Å². The fourth-order valence-electron chi connectivity index (χ4n) is 0.954. The summed E-state index contributed by atoms with van der Waals surface area (Å²) < 4.78 is 10.9. The summed E-state index contributed by atoms with van der Waals surface area (Å²) in [4.78, 5) is 4.13. The number of methoxy groups -OCH3 is 1. The Labute approximate surface area is 98.6 Å². The van der Waals surface area contributed by atoms with Crippen LogP contribution in [-0.4, -0.2) is 38.5 Å². The first-order valence-electron chi connectivity index (χ1n) is 4.70. The van der Waals surface area contributed by atoms with E-state index in [1.54, 1.807) is 13.3 Å². The van der Waals surface area contributed by atoms with E-state index >= 15 is 0 Å². The molecule has 0 aliphatic rings. The second-order valence-electron chi connectivity index (χ2n) is 2.84. The Balaban J connectivity index is 1.93. The van der Waals surface area contributed by atoms with Crippen LogP contribution in [-0.2, 0) is 16.0 Å². The van der Waals surface area contributed by atoms with Crippen LogP contribution in [0.2, 0.25) is 4.34 Å². The minimum atomic E-state index is 0.640. The van der Waals surface area contributed by atoms with Crippen molar-refractivity contribution in [2.75, 3.05) is 33.5 Å². The number of hydrogen-bond donors (Lipinski definition) is 1. The van der Waals surface area contributed by atoms with E-state index in [0.717, 1.165) is 22.4 Å². The number of hydrogen-bond acceptors (Lipinski definition) is 5. The van der Waals surface area contributed by atoms with Gasteiger partial charge in [0.15, 0.2) is 0 Å². The monoisotopic (exact) mass is 250 g/mol. The average Bonchev–Trinajstić information content (AvgIpc) is 2.63. The standard InChI is InChI=1S/C9H15ClN2O2S/c1-13-4-5-14-3-2-11-7-9-12-6-8(10)15-9/h6,11H,2-5,7H2,1H3. The number of rotatable bonds is 8. The van der Waals surface area contributed by atoms with Gasteiger partial charge < -0.3 is 14.8 Å². The molecule has 15 heavy (non-hydrogen) atoms. The van der Waals surface area contributed by atoms with Crippen LogP contribution in [0.4, 0.5) is 0 Å². The Hall–Kier alpha value is -0.200. The number of nitrogens with zero attached hydrogens (tertiary/aromatic N) is 1. The number of thiazole rings is 1. The molecule has 0 bridgehead atoms. The lowest BCUT2D eigenvalue weighted by atomic mass is 10.6. The predicted octanol–water partition coefficient (Wildman–Crippen LogP) is 1.55. The van der Waals surface area contributed by atoms with Crippen LogP contribution in [0.15, 0.2) is 6.20 Å². The summed E-state index contributed by atoms with van der Waals surface area (Å²) in [5, 5.41) is 4.21. The lowest BCUT2D eigenvalue weighted by Crippen LogP contribution is -2.20. The van der Waals surface area contributed by atoms with Gasteiger partial charge in [0.25, 0.3) is 0 Å². The highest BCUT2D eigenvalue weighted by Gasteiger charge is 1.98. The number of halogens is 1. The molecule has 0 aliphatic carbocycles. The molecule has 1 aromatic heterocycles. The topological polar surface area (TPSA) is 43.4 Å². The van der Waals surface area contributed by atoms with Gasteiger partial charge in [0.05, 0.1) is 26.0 Å². The summed E-state index contributed by atoms with van der Waals surface area (Å²) in [7, 11) is 1.66. The van der Waals surface area contributed by atoms with Gasteiger partial charge in [0.1, 0.15) is 9.34 Å². The van der Waals surface area contributed by atoms with E-state index in [9.17, 15) is 0 Å². The highest BCUT2D eigenvalue weighted by molar-refractivity contribution is 7.15. The van der Waals surface area contributed by atoms with Crippen LogP contribution in [0, 0.1) is 0 Å². The summed E-state index contributed by atoms with van der Waals surface area (Å²) >= 11 is 7.24. The van der Waals surface area contributed by atoms with Crippen molar-refractivity contribution in [3.63, 3.8) is 0 Å². The molecular weight excluding hydrogens is 236 g/mol. The van der Waals surface area contributed by atoms with Crippen molar-refractivity contribution in [1.82, 2.24) is 10.3 Å². The van der Waals surface area contributed by atoms with Gasteiger partial charge in [-0.25, -0.2) is 4.98 Å². The van der Waals surface area contributed by atoms with Crippen LogP contribution in [0.3, 0.4) is 0 Å². The molecule has 0 atom stereocenters. The highest BCUT2D eigenvalue weighted by Crippen LogP contribution is 2.17. The van der Waals surface area contributed by atoms with E-state index in [2.05, 4.69) is 10.3 Å². The summed E-state index contributed by atoms with van der Waals surface area (Å²) in [6, 6.07) is 0. The quantitative estimate of drug-likeness (QED) is 0.711. The maximum absolute atomic E-state index is 5.75. The lowest BCUT2D eigenvalue weighted by molar-refractivity contribution is 0.0719. The van der Waals surface area contributed by atoms with E-state index in [-0.39, 0.29) is 0 Å². The van der Waals surface area contributed by atoms with Crippen molar-refractivity contribution in [1.29, 1.82) is 0 Å². The van der Waals surface area contributed by atoms with Crippen molar-refractivity contribution in [3.05, 3.63) is 15.5 Å². The first-order valence-corrected chi connectivity index (χ1v) is 5.90. The number of aromatic nitrogens is 1. The van der Waals surface area contributed by atoms with Gasteiger partial charge in [0.2, 0.25) is 0 Å². The second-order valence-corrected chi connectivity index (χ2v) is 4.59. The SMILES string of the molecule is COCCOCCNCc1ncc(Cl)s1. The maximum atomic E-state index is 5.75. The van der Waals surface area contributed by atoms with Crippen LogP contribution in [0.5, 0.6) is 0 Å². The Kier molecular flexibility index (Phi) is 6.87. The normalized spacial score (nSPS) is 10.8. The molecule has 1 rings (SSSR count). The van der Waals surface area contributed by atoms with Crippen molar-refractivity contribution >= 4 is 22.9 Å². The summed E-state index contributed by atoms with van der Waals surface area (Å²) in [6.07, 6.45) is 1.67. The molecule has 1 aromatic rings. The molecule has 0 unspecified atom stereocenters. The molecule has 1 N–H and O–H groups in total. The third-order valence-electron chi connectivity index (χ3n) is 1.66. The summed E-state index contributed by atoms with van der Waals surface area (Å²) in [5.74, 6) is 0. The van der Waals surface area contributed by atoms with Gasteiger partial charge in [-0.15, -0.1) is 11.3 Å². The van der Waals surface area contributed by atoms with Gasteiger partial charge in [-0.05, 0) is 0 Å². The molecule has 0 saturated carbocycles. The highest BCUT2D eigenvalue weighted by atomic mass is 35.5. The summed E-state index contributed by atoms with van der Waals surface area (Å²) in [5.41, 5.74) is 0. The fraction of sp³-hybridized carbons (Fsp3) is 0.667. The van der Waals surface area contributed by atoms with Crippen LogP contribution in [0.1, 0.15) is 5.01 Å². The number of nitrogens with one attached hydrogen (secondary N) is 1. The fourth-order valence-corrected chi connectivity index (χ4v) is 1.88. The molecule has 0 aliphatic heterocycles. The molecule has 0 amide bonds. The first-order chi connectivity index (χ1) is 7.33. The van der Waals surface area contributed by atoms with Crippen molar-refractivity contribution in [2.45, 2.75) is 6.54 Å². The van der Waals surface area contributed by atoms with E-state index in [4.69, 9.17) is 21.1 Å². The van der Waals surface area contributed by atoms with Crippen molar-refractivity contribution < 1.29 is 9.47 Å².